The number of methoxy groups -OCH3 is 1. The molecule has 0 radical (unpaired) electrons. The van der Waals surface area contributed by atoms with E-state index in [0.29, 0.717) is 18.6 Å². The molecular weight excluding hydrogens is 262 g/mol. The summed E-state index contributed by atoms with van der Waals surface area (Å²) in [6.07, 6.45) is 4.13. The van der Waals surface area contributed by atoms with Gasteiger partial charge in [-0.25, -0.2) is 0 Å². The Morgan fingerprint density at radius 3 is 2.71 bits per heavy atom. The van der Waals surface area contributed by atoms with Crippen LogP contribution in [0.3, 0.4) is 0 Å². The van der Waals surface area contributed by atoms with E-state index in [0.717, 1.165) is 18.9 Å². The van der Waals surface area contributed by atoms with Crippen LogP contribution in [-0.4, -0.2) is 37.5 Å². The van der Waals surface area contributed by atoms with Crippen molar-refractivity contribution in [3.8, 4) is 0 Å². The van der Waals surface area contributed by atoms with Gasteiger partial charge in [0, 0.05) is 13.2 Å². The Labute approximate surface area is 128 Å². The average molecular weight is 291 g/mol. The second-order valence-electron chi connectivity index (χ2n) is 6.47. The maximum atomic E-state index is 9.70. The predicted molar refractivity (Wildman–Crippen MR) is 86.5 cm³/mol. The maximum Gasteiger partial charge on any atom is 0.0785 e. The zero-order valence-electron chi connectivity index (χ0n) is 13.3. The fourth-order valence-corrected chi connectivity index (χ4v) is 3.50. The third-order valence-electron chi connectivity index (χ3n) is 4.48. The van der Waals surface area contributed by atoms with E-state index in [1.165, 1.54) is 24.8 Å². The van der Waals surface area contributed by atoms with E-state index in [-0.39, 0.29) is 6.10 Å². The second kappa shape index (κ2) is 8.52. The molecule has 0 heterocycles. The summed E-state index contributed by atoms with van der Waals surface area (Å²) in [6.45, 7) is 3.64. The van der Waals surface area contributed by atoms with E-state index in [1.807, 2.05) is 0 Å². The molecule has 2 N–H and O–H groups in total. The minimum absolute atomic E-state index is 0.353. The summed E-state index contributed by atoms with van der Waals surface area (Å²) in [5, 5.41) is 13.3. The van der Waals surface area contributed by atoms with Gasteiger partial charge < -0.3 is 15.2 Å². The van der Waals surface area contributed by atoms with E-state index >= 15 is 0 Å². The highest BCUT2D eigenvalue weighted by atomic mass is 16.5. The number of benzene rings is 1. The van der Waals surface area contributed by atoms with Crippen molar-refractivity contribution in [2.24, 2.45) is 5.92 Å². The molecule has 0 spiro atoms. The maximum absolute atomic E-state index is 9.70. The number of aliphatic hydroxyl groups excluding tert-OH is 1. The topological polar surface area (TPSA) is 41.5 Å². The largest absolute Gasteiger partial charge is 0.391 e. The Bertz CT molecular complexity index is 395. The van der Waals surface area contributed by atoms with Gasteiger partial charge in [-0.1, -0.05) is 37.3 Å². The van der Waals surface area contributed by atoms with Crippen molar-refractivity contribution in [1.29, 1.82) is 0 Å². The van der Waals surface area contributed by atoms with Gasteiger partial charge in [0.05, 0.1) is 12.7 Å². The Hall–Kier alpha value is -0.900. The first-order chi connectivity index (χ1) is 10.2. The van der Waals surface area contributed by atoms with Crippen molar-refractivity contribution >= 4 is 0 Å². The van der Waals surface area contributed by atoms with Crippen LogP contribution in [0.2, 0.25) is 0 Å². The van der Waals surface area contributed by atoms with E-state index < -0.39 is 0 Å². The van der Waals surface area contributed by atoms with E-state index in [1.54, 1.807) is 7.11 Å². The number of aliphatic hydroxyl groups is 1. The number of hydrogen-bond donors (Lipinski definition) is 2. The Balaban J connectivity index is 1.81. The van der Waals surface area contributed by atoms with Crippen molar-refractivity contribution in [2.45, 2.75) is 50.7 Å². The second-order valence-corrected chi connectivity index (χ2v) is 6.47. The molecule has 0 bridgehead atoms. The van der Waals surface area contributed by atoms with E-state index in [2.05, 4.69) is 42.6 Å². The first kappa shape index (κ1) is 16.5. The molecule has 21 heavy (non-hydrogen) atoms. The SMILES string of the molecule is COCC(O)CCNC1CC(C)CC(c2ccccc2)C1. The lowest BCUT2D eigenvalue weighted by Gasteiger charge is -2.34. The van der Waals surface area contributed by atoms with Crippen LogP contribution in [-0.2, 0) is 4.74 Å². The molecule has 4 unspecified atom stereocenters. The van der Waals surface area contributed by atoms with Crippen molar-refractivity contribution in [3.05, 3.63) is 35.9 Å². The highest BCUT2D eigenvalue weighted by Gasteiger charge is 2.27. The zero-order valence-corrected chi connectivity index (χ0v) is 13.3. The van der Waals surface area contributed by atoms with Crippen LogP contribution in [0.5, 0.6) is 0 Å². The van der Waals surface area contributed by atoms with Crippen LogP contribution in [0.1, 0.15) is 44.1 Å². The summed E-state index contributed by atoms with van der Waals surface area (Å²) in [7, 11) is 1.63. The van der Waals surface area contributed by atoms with Crippen molar-refractivity contribution < 1.29 is 9.84 Å². The summed E-state index contributed by atoms with van der Waals surface area (Å²) in [5.74, 6) is 1.42. The molecule has 1 aromatic carbocycles. The highest BCUT2D eigenvalue weighted by Crippen LogP contribution is 2.36. The summed E-state index contributed by atoms with van der Waals surface area (Å²) in [4.78, 5) is 0. The highest BCUT2D eigenvalue weighted by molar-refractivity contribution is 5.20. The van der Waals surface area contributed by atoms with Crippen molar-refractivity contribution in [3.63, 3.8) is 0 Å². The minimum Gasteiger partial charge on any atom is -0.391 e. The molecule has 0 saturated heterocycles. The standard InChI is InChI=1S/C18H29NO2/c1-14-10-16(15-6-4-3-5-7-15)12-17(11-14)19-9-8-18(20)13-21-2/h3-7,14,16-20H,8-13H2,1-2H3. The molecule has 0 aliphatic heterocycles. The lowest BCUT2D eigenvalue weighted by atomic mass is 9.76. The first-order valence-corrected chi connectivity index (χ1v) is 8.14. The lowest BCUT2D eigenvalue weighted by Crippen LogP contribution is -2.38. The van der Waals surface area contributed by atoms with Crippen LogP contribution >= 0.6 is 0 Å². The molecule has 1 aromatic rings. The number of rotatable bonds is 7. The summed E-state index contributed by atoms with van der Waals surface area (Å²) < 4.78 is 4.96. The third-order valence-corrected chi connectivity index (χ3v) is 4.48. The molecule has 0 aromatic heterocycles. The molecule has 1 aliphatic rings. The van der Waals surface area contributed by atoms with Gasteiger partial charge in [-0.2, -0.15) is 0 Å². The minimum atomic E-state index is -0.353. The molecule has 3 heteroatoms. The monoisotopic (exact) mass is 291 g/mol. The van der Waals surface area contributed by atoms with Gasteiger partial charge in [0.25, 0.3) is 0 Å². The van der Waals surface area contributed by atoms with Gasteiger partial charge in [-0.05, 0) is 49.6 Å². The Kier molecular flexibility index (Phi) is 6.68. The van der Waals surface area contributed by atoms with Crippen LogP contribution in [0.15, 0.2) is 30.3 Å². The molecule has 3 nitrogen and oxygen atoms in total. The molecular formula is C18H29NO2. The molecule has 4 atom stereocenters. The van der Waals surface area contributed by atoms with Gasteiger partial charge in [0.2, 0.25) is 0 Å². The molecule has 1 saturated carbocycles. The summed E-state index contributed by atoms with van der Waals surface area (Å²) in [6, 6.07) is 11.4. The average Bonchev–Trinajstić information content (AvgIpc) is 2.48. The zero-order chi connectivity index (χ0) is 15.1. The third kappa shape index (κ3) is 5.42. The van der Waals surface area contributed by atoms with E-state index in [9.17, 15) is 5.11 Å². The molecule has 2 rings (SSSR count). The van der Waals surface area contributed by atoms with Gasteiger partial charge in [0.1, 0.15) is 0 Å². The molecule has 0 amide bonds. The van der Waals surface area contributed by atoms with Crippen LogP contribution < -0.4 is 5.32 Å². The molecule has 1 aliphatic carbocycles. The van der Waals surface area contributed by atoms with Gasteiger partial charge in [0.15, 0.2) is 0 Å². The quantitative estimate of drug-likeness (QED) is 0.811. The fourth-order valence-electron chi connectivity index (χ4n) is 3.50. The Morgan fingerprint density at radius 1 is 1.24 bits per heavy atom. The van der Waals surface area contributed by atoms with Gasteiger partial charge >= 0.3 is 0 Å². The van der Waals surface area contributed by atoms with Crippen molar-refractivity contribution in [2.75, 3.05) is 20.3 Å². The molecule has 1 fully saturated rings. The van der Waals surface area contributed by atoms with Gasteiger partial charge in [-0.15, -0.1) is 0 Å². The number of hydrogen-bond acceptors (Lipinski definition) is 3. The van der Waals surface area contributed by atoms with Gasteiger partial charge in [-0.3, -0.25) is 0 Å². The van der Waals surface area contributed by atoms with E-state index in [4.69, 9.17) is 4.74 Å². The fraction of sp³-hybridized carbons (Fsp3) is 0.667. The lowest BCUT2D eigenvalue weighted by molar-refractivity contribution is 0.0584. The molecule has 118 valence electrons. The van der Waals surface area contributed by atoms with Crippen molar-refractivity contribution in [1.82, 2.24) is 5.32 Å². The smallest absolute Gasteiger partial charge is 0.0785 e. The number of nitrogens with one attached hydrogen (secondary N) is 1. The summed E-state index contributed by atoms with van der Waals surface area (Å²) >= 11 is 0. The predicted octanol–water partition coefficient (Wildman–Crippen LogP) is 2.95. The van der Waals surface area contributed by atoms with Crippen LogP contribution in [0.25, 0.3) is 0 Å². The van der Waals surface area contributed by atoms with Crippen LogP contribution in [0, 0.1) is 5.92 Å². The normalized spacial score (nSPS) is 27.5. The first-order valence-electron chi connectivity index (χ1n) is 8.14. The van der Waals surface area contributed by atoms with Crippen LogP contribution in [0.4, 0.5) is 0 Å². The number of ether oxygens (including phenoxy) is 1. The Morgan fingerprint density at radius 2 is 2.00 bits per heavy atom. The summed E-state index contributed by atoms with van der Waals surface area (Å²) in [5.41, 5.74) is 1.47.